The second-order valence-corrected chi connectivity index (χ2v) is 4.70. The van der Waals surface area contributed by atoms with Crippen LogP contribution in [0.4, 0.5) is 0 Å². The van der Waals surface area contributed by atoms with Crippen molar-refractivity contribution in [1.29, 1.82) is 0 Å². The van der Waals surface area contributed by atoms with Gasteiger partial charge < -0.3 is 0 Å². The molecule has 0 spiro atoms. The molecule has 0 N–H and O–H groups in total. The normalized spacial score (nSPS) is 29.0. The summed E-state index contributed by atoms with van der Waals surface area (Å²) in [5.41, 5.74) is 0. The van der Waals surface area contributed by atoms with Crippen molar-refractivity contribution in [3.63, 3.8) is 0 Å². The lowest BCUT2D eigenvalue weighted by molar-refractivity contribution is 0.0713. The molecular formula is C12H27O4P. The maximum atomic E-state index is 13.2. The Balaban J connectivity index is 6.33. The summed E-state index contributed by atoms with van der Waals surface area (Å²) >= 11 is 0. The monoisotopic (exact) mass is 280 g/mol. The molecule has 0 atom stereocenters. The molecule has 0 aromatic heterocycles. The van der Waals surface area contributed by atoms with Crippen LogP contribution in [0.1, 0.15) is 79.2 Å². The van der Waals surface area contributed by atoms with Gasteiger partial charge in [-0.15, -0.1) is 0 Å². The molecule has 0 bridgehead atoms. The van der Waals surface area contributed by atoms with E-state index < -0.39 is 54.0 Å². The minimum absolute atomic E-state index is 0.156. The first kappa shape index (κ1) is 4.90. The van der Waals surface area contributed by atoms with E-state index in [1.54, 1.807) is 0 Å². The van der Waals surface area contributed by atoms with Gasteiger partial charge in [0.05, 0.1) is 21.5 Å². The second kappa shape index (κ2) is 9.09. The van der Waals surface area contributed by atoms with Crippen LogP contribution in [0.2, 0.25) is 0 Å². The molecule has 0 aliphatic carbocycles. The Morgan fingerprint density at radius 2 is 1.71 bits per heavy atom. The lowest BCUT2D eigenvalue weighted by atomic mass is 10.2. The Morgan fingerprint density at radius 1 is 1.12 bits per heavy atom. The van der Waals surface area contributed by atoms with E-state index in [1.165, 1.54) is 0 Å². The van der Waals surface area contributed by atoms with Crippen LogP contribution < -0.4 is 0 Å². The Hall–Kier alpha value is 0.110. The Bertz CT molecular complexity index is 551. The number of phosphoric ester groups is 1. The summed E-state index contributed by atoms with van der Waals surface area (Å²) in [4.78, 5) is 0. The van der Waals surface area contributed by atoms with Gasteiger partial charge in [0, 0.05) is 16.4 Å². The highest BCUT2D eigenvalue weighted by atomic mass is 31.2. The second-order valence-electron chi connectivity index (χ2n) is 3.18. The topological polar surface area (TPSA) is 44.8 Å². The molecule has 0 saturated heterocycles. The van der Waals surface area contributed by atoms with Gasteiger partial charge in [0.25, 0.3) is 0 Å². The number of hydrogen-bond donors (Lipinski definition) is 0. The zero-order chi connectivity index (χ0) is 25.2. The molecule has 0 aliphatic heterocycles. The lowest BCUT2D eigenvalue weighted by Gasteiger charge is -2.21. The van der Waals surface area contributed by atoms with Gasteiger partial charge in [0.15, 0.2) is 0 Å². The average molecular weight is 280 g/mol. The quantitative estimate of drug-likeness (QED) is 0.435. The van der Waals surface area contributed by atoms with Crippen molar-refractivity contribution in [2.45, 2.75) is 72.2 Å². The molecule has 0 aromatic rings. The van der Waals surface area contributed by atoms with Crippen molar-refractivity contribution in [1.82, 2.24) is 0 Å². The Morgan fingerprint density at radius 3 is 2.18 bits per heavy atom. The predicted molar refractivity (Wildman–Crippen MR) is 70.1 cm³/mol. The van der Waals surface area contributed by atoms with Crippen LogP contribution in [-0.4, -0.2) is 18.8 Å². The summed E-state index contributed by atoms with van der Waals surface area (Å²) in [6, 6.07) is 0. The zero-order valence-corrected chi connectivity index (χ0v) is 10.5. The highest BCUT2D eigenvalue weighted by Gasteiger charge is 2.29. The third-order valence-electron chi connectivity index (χ3n) is 1.65. The Kier molecular flexibility index (Phi) is 2.62. The van der Waals surface area contributed by atoms with Gasteiger partial charge in [-0.3, -0.25) is 13.6 Å². The van der Waals surface area contributed by atoms with Crippen LogP contribution >= 0.6 is 7.82 Å². The standard InChI is InChI=1S/C12H27O4P/c1-6-7-8-9-10-14-17(13,15-11(2)3)16-12(4)5/h11-12H,6-10H2,1-5H3/i2D3,3D3,4D3,5D3,11D,12D. The third kappa shape index (κ3) is 9.78. The molecule has 0 radical (unpaired) electrons. The summed E-state index contributed by atoms with van der Waals surface area (Å²) < 4.78 is 130. The summed E-state index contributed by atoms with van der Waals surface area (Å²) in [5.74, 6) is 0. The van der Waals surface area contributed by atoms with Gasteiger partial charge in [-0.05, 0) is 33.8 Å². The van der Waals surface area contributed by atoms with Crippen LogP contribution in [0.5, 0.6) is 0 Å². The van der Waals surface area contributed by atoms with Crippen LogP contribution in [0.25, 0.3) is 0 Å². The summed E-state index contributed by atoms with van der Waals surface area (Å²) in [6.45, 7) is -13.7. The zero-order valence-electron chi connectivity index (χ0n) is 23.6. The van der Waals surface area contributed by atoms with Gasteiger partial charge in [-0.2, -0.15) is 0 Å². The van der Waals surface area contributed by atoms with Gasteiger partial charge in [0.2, 0.25) is 0 Å². The van der Waals surface area contributed by atoms with E-state index in [9.17, 15) is 4.57 Å². The average Bonchev–Trinajstić information content (AvgIpc) is 2.50. The summed E-state index contributed by atoms with van der Waals surface area (Å²) in [5, 5.41) is 0. The van der Waals surface area contributed by atoms with E-state index in [0.29, 0.717) is 12.8 Å². The predicted octanol–water partition coefficient (Wildman–Crippen LogP) is 4.54. The third-order valence-corrected chi connectivity index (χ3v) is 2.96. The van der Waals surface area contributed by atoms with Crippen LogP contribution in [0.15, 0.2) is 0 Å². The smallest absolute Gasteiger partial charge is 0.287 e. The number of hydrogen-bond acceptors (Lipinski definition) is 4. The van der Waals surface area contributed by atoms with E-state index in [0.717, 1.165) is 6.42 Å². The number of phosphoric acid groups is 1. The number of rotatable bonds is 10. The van der Waals surface area contributed by atoms with Gasteiger partial charge >= 0.3 is 7.82 Å². The van der Waals surface area contributed by atoms with Gasteiger partial charge in [-0.25, -0.2) is 4.57 Å². The lowest BCUT2D eigenvalue weighted by Crippen LogP contribution is -2.10. The molecule has 0 saturated carbocycles. The molecule has 5 heteroatoms. The first-order valence-electron chi connectivity index (χ1n) is 12.1. The van der Waals surface area contributed by atoms with E-state index in [-0.39, 0.29) is 6.42 Å². The molecule has 0 rings (SSSR count). The minimum Gasteiger partial charge on any atom is -0.287 e. The molecule has 104 valence electrons. The SMILES string of the molecule is [2H]C([2H])([2H])C([2H])(OP(=O)(OCCCCCC)OC([2H])(C([2H])([2H])[2H])C([2H])([2H])[2H])C([2H])([2H])[2H]. The van der Waals surface area contributed by atoms with Crippen molar-refractivity contribution >= 4 is 7.82 Å². The van der Waals surface area contributed by atoms with Crippen molar-refractivity contribution in [3.05, 3.63) is 0 Å². The summed E-state index contributed by atoms with van der Waals surface area (Å²) in [6.07, 6.45) is -5.73. The fourth-order valence-electron chi connectivity index (χ4n) is 1.00. The van der Waals surface area contributed by atoms with E-state index in [4.69, 9.17) is 23.7 Å². The van der Waals surface area contributed by atoms with Crippen LogP contribution in [-0.2, 0) is 18.1 Å². The van der Waals surface area contributed by atoms with Gasteiger partial charge in [0.1, 0.15) is 0 Å². The maximum Gasteiger partial charge on any atom is 0.475 e. The fourth-order valence-corrected chi connectivity index (χ4v) is 1.94. The molecule has 0 fully saturated rings. The molecule has 0 aromatic carbocycles. The van der Waals surface area contributed by atoms with Crippen molar-refractivity contribution in [3.8, 4) is 0 Å². The summed E-state index contributed by atoms with van der Waals surface area (Å²) in [7, 11) is -5.71. The largest absolute Gasteiger partial charge is 0.475 e. The van der Waals surface area contributed by atoms with Crippen molar-refractivity contribution < 1.29 is 37.3 Å². The first-order chi connectivity index (χ1) is 13.5. The van der Waals surface area contributed by atoms with E-state index in [2.05, 4.69) is 9.05 Å². The fraction of sp³-hybridized carbons (Fsp3) is 1.00. The molecule has 17 heavy (non-hydrogen) atoms. The van der Waals surface area contributed by atoms with Crippen molar-refractivity contribution in [2.24, 2.45) is 0 Å². The van der Waals surface area contributed by atoms with E-state index >= 15 is 0 Å². The van der Waals surface area contributed by atoms with Crippen molar-refractivity contribution in [2.75, 3.05) is 6.61 Å². The molecule has 0 unspecified atom stereocenters. The molecular weight excluding hydrogens is 239 g/mol. The minimum atomic E-state index is -5.71. The number of unbranched alkanes of at least 4 members (excludes halogenated alkanes) is 3. The molecule has 4 nitrogen and oxygen atoms in total. The maximum absolute atomic E-state index is 13.2. The van der Waals surface area contributed by atoms with Crippen LogP contribution in [0.3, 0.4) is 0 Å². The Labute approximate surface area is 125 Å². The molecule has 0 aliphatic rings. The highest BCUT2D eigenvalue weighted by Crippen LogP contribution is 2.51. The highest BCUT2D eigenvalue weighted by molar-refractivity contribution is 7.48. The molecule has 0 amide bonds. The molecule has 0 heterocycles. The van der Waals surface area contributed by atoms with E-state index in [1.807, 2.05) is 6.92 Å². The first-order valence-corrected chi connectivity index (χ1v) is 6.59. The van der Waals surface area contributed by atoms with Gasteiger partial charge in [-0.1, -0.05) is 26.2 Å². The van der Waals surface area contributed by atoms with Crippen LogP contribution in [0, 0.1) is 0 Å².